The highest BCUT2D eigenvalue weighted by Gasteiger charge is 2.13. The first-order valence-electron chi connectivity index (χ1n) is 5.78. The smallest absolute Gasteiger partial charge is 0.0594 e. The van der Waals surface area contributed by atoms with Crippen LogP contribution in [0.25, 0.3) is 0 Å². The second kappa shape index (κ2) is 6.77. The van der Waals surface area contributed by atoms with E-state index in [0.717, 1.165) is 48.4 Å². The first-order valence-corrected chi connectivity index (χ1v) is 7.82. The lowest BCUT2D eigenvalue weighted by atomic mass is 10.1. The summed E-state index contributed by atoms with van der Waals surface area (Å²) in [6.07, 6.45) is 0. The van der Waals surface area contributed by atoms with Gasteiger partial charge in [-0.15, -0.1) is 0 Å². The lowest BCUT2D eigenvalue weighted by Gasteiger charge is -2.27. The summed E-state index contributed by atoms with van der Waals surface area (Å²) < 4.78 is 28.0. The molecule has 1 unspecified atom stereocenters. The molecule has 1 heterocycles. The van der Waals surface area contributed by atoms with Gasteiger partial charge in [0.25, 0.3) is 0 Å². The first kappa shape index (κ1) is 14.1. The third-order valence-corrected chi connectivity index (χ3v) is 3.98. The van der Waals surface area contributed by atoms with Gasteiger partial charge >= 0.3 is 0 Å². The zero-order valence-corrected chi connectivity index (χ0v) is 12.3. The van der Waals surface area contributed by atoms with E-state index in [1.165, 1.54) is 0 Å². The number of rotatable bonds is 4. The SMILES string of the molecule is O=S([O-])Cc1cc(Br)ccc1CN1CCOCC1. The Morgan fingerprint density at radius 1 is 1.33 bits per heavy atom. The van der Waals surface area contributed by atoms with Crippen LogP contribution in [0.3, 0.4) is 0 Å². The third-order valence-electron chi connectivity index (χ3n) is 2.94. The summed E-state index contributed by atoms with van der Waals surface area (Å²) in [4.78, 5) is 2.28. The maximum atomic E-state index is 10.9. The predicted octanol–water partition coefficient (Wildman–Crippen LogP) is 1.66. The fourth-order valence-electron chi connectivity index (χ4n) is 2.01. The normalized spacial score (nSPS) is 18.8. The molecule has 18 heavy (non-hydrogen) atoms. The minimum atomic E-state index is -2.06. The molecule has 1 aromatic rings. The minimum Gasteiger partial charge on any atom is -0.772 e. The summed E-state index contributed by atoms with van der Waals surface area (Å²) in [6, 6.07) is 5.82. The molecule has 1 aliphatic rings. The topological polar surface area (TPSA) is 52.6 Å². The lowest BCUT2D eigenvalue weighted by Crippen LogP contribution is -2.35. The molecule has 6 heteroatoms. The van der Waals surface area contributed by atoms with Gasteiger partial charge in [0.1, 0.15) is 0 Å². The molecule has 0 aromatic heterocycles. The number of morpholine rings is 1. The van der Waals surface area contributed by atoms with E-state index in [-0.39, 0.29) is 5.75 Å². The van der Waals surface area contributed by atoms with E-state index in [9.17, 15) is 8.76 Å². The van der Waals surface area contributed by atoms with Gasteiger partial charge in [0, 0.05) is 29.9 Å². The molecule has 0 amide bonds. The summed E-state index contributed by atoms with van der Waals surface area (Å²) >= 11 is 1.32. The summed E-state index contributed by atoms with van der Waals surface area (Å²) in [5.41, 5.74) is 1.94. The number of hydrogen-bond acceptors (Lipinski definition) is 4. The van der Waals surface area contributed by atoms with Crippen LogP contribution in [-0.4, -0.2) is 40.0 Å². The maximum Gasteiger partial charge on any atom is 0.0594 e. The van der Waals surface area contributed by atoms with E-state index in [2.05, 4.69) is 20.8 Å². The number of benzene rings is 1. The van der Waals surface area contributed by atoms with Crippen molar-refractivity contribution in [2.75, 3.05) is 26.3 Å². The quantitative estimate of drug-likeness (QED) is 0.787. The summed E-state index contributed by atoms with van der Waals surface area (Å²) in [5, 5.41) is 0. The molecule has 1 fully saturated rings. The Bertz CT molecular complexity index is 435. The summed E-state index contributed by atoms with van der Waals surface area (Å²) in [5.74, 6) is 0.0686. The van der Waals surface area contributed by atoms with Crippen LogP contribution in [0, 0.1) is 0 Å². The molecule has 0 spiro atoms. The largest absolute Gasteiger partial charge is 0.772 e. The molecule has 100 valence electrons. The van der Waals surface area contributed by atoms with Crippen molar-refractivity contribution in [3.05, 3.63) is 33.8 Å². The van der Waals surface area contributed by atoms with Gasteiger partial charge in [0.05, 0.1) is 13.2 Å². The Kier molecular flexibility index (Phi) is 5.32. The van der Waals surface area contributed by atoms with Gasteiger partial charge in [-0.2, -0.15) is 0 Å². The van der Waals surface area contributed by atoms with E-state index >= 15 is 0 Å². The van der Waals surface area contributed by atoms with Gasteiger partial charge in [-0.25, -0.2) is 0 Å². The fraction of sp³-hybridized carbons (Fsp3) is 0.500. The van der Waals surface area contributed by atoms with Gasteiger partial charge in [-0.05, 0) is 23.3 Å². The lowest BCUT2D eigenvalue weighted by molar-refractivity contribution is 0.0341. The Hall–Kier alpha value is -0.270. The Balaban J connectivity index is 2.12. The molecule has 1 aromatic carbocycles. The van der Waals surface area contributed by atoms with Crippen molar-refractivity contribution in [2.45, 2.75) is 12.3 Å². The fourth-order valence-corrected chi connectivity index (χ4v) is 2.94. The highest BCUT2D eigenvalue weighted by Crippen LogP contribution is 2.20. The molecule has 1 saturated heterocycles. The van der Waals surface area contributed by atoms with Crippen LogP contribution in [0.1, 0.15) is 11.1 Å². The van der Waals surface area contributed by atoms with Gasteiger partial charge in [-0.3, -0.25) is 9.11 Å². The average Bonchev–Trinajstić information content (AvgIpc) is 2.33. The van der Waals surface area contributed by atoms with E-state index < -0.39 is 11.1 Å². The molecule has 0 saturated carbocycles. The van der Waals surface area contributed by atoms with Gasteiger partial charge in [0.2, 0.25) is 0 Å². The van der Waals surface area contributed by atoms with Gasteiger partial charge < -0.3 is 9.29 Å². The third kappa shape index (κ3) is 4.13. The second-order valence-corrected chi connectivity index (χ2v) is 6.06. The molecule has 1 atom stereocenters. The van der Waals surface area contributed by atoms with Crippen LogP contribution in [0.4, 0.5) is 0 Å². The van der Waals surface area contributed by atoms with E-state index in [0.29, 0.717) is 0 Å². The number of nitrogens with zero attached hydrogens (tertiary/aromatic N) is 1. The highest BCUT2D eigenvalue weighted by molar-refractivity contribution is 9.10. The van der Waals surface area contributed by atoms with Crippen molar-refractivity contribution in [2.24, 2.45) is 0 Å². The van der Waals surface area contributed by atoms with Crippen LogP contribution in [0.5, 0.6) is 0 Å². The van der Waals surface area contributed by atoms with Crippen LogP contribution < -0.4 is 0 Å². The number of hydrogen-bond donors (Lipinski definition) is 0. The zero-order valence-electron chi connectivity index (χ0n) is 9.93. The van der Waals surface area contributed by atoms with E-state index in [1.54, 1.807) is 0 Å². The van der Waals surface area contributed by atoms with Crippen molar-refractivity contribution in [3.8, 4) is 0 Å². The standard InChI is InChI=1S/C12H16BrNO3S/c13-12-2-1-10(11(7-12)9-18(15)16)8-14-3-5-17-6-4-14/h1-2,7H,3-6,8-9H2,(H,15,16)/p-1. The molecular weight excluding hydrogens is 318 g/mol. The van der Waals surface area contributed by atoms with Crippen LogP contribution in [0.2, 0.25) is 0 Å². The molecule has 0 aliphatic carbocycles. The van der Waals surface area contributed by atoms with Crippen molar-refractivity contribution in [1.82, 2.24) is 4.90 Å². The molecule has 0 N–H and O–H groups in total. The van der Waals surface area contributed by atoms with Crippen LogP contribution in [-0.2, 0) is 28.1 Å². The molecular formula is C12H15BrNO3S-. The molecule has 0 bridgehead atoms. The average molecular weight is 333 g/mol. The Labute approximate surface area is 118 Å². The molecule has 4 nitrogen and oxygen atoms in total. The summed E-state index contributed by atoms with van der Waals surface area (Å²) in [6.45, 7) is 4.08. The zero-order chi connectivity index (χ0) is 13.0. The van der Waals surface area contributed by atoms with Crippen LogP contribution in [0.15, 0.2) is 22.7 Å². The van der Waals surface area contributed by atoms with Gasteiger partial charge in [0.15, 0.2) is 0 Å². The summed E-state index contributed by atoms with van der Waals surface area (Å²) in [7, 11) is 0. The van der Waals surface area contributed by atoms with Crippen molar-refractivity contribution in [3.63, 3.8) is 0 Å². The minimum absolute atomic E-state index is 0.0686. The molecule has 2 rings (SSSR count). The number of halogens is 1. The number of ether oxygens (including phenoxy) is 1. The van der Waals surface area contributed by atoms with Crippen molar-refractivity contribution in [1.29, 1.82) is 0 Å². The first-order chi connectivity index (χ1) is 8.65. The van der Waals surface area contributed by atoms with Crippen molar-refractivity contribution < 1.29 is 13.5 Å². The Morgan fingerprint density at radius 3 is 2.72 bits per heavy atom. The second-order valence-electron chi connectivity index (χ2n) is 4.25. The predicted molar refractivity (Wildman–Crippen MR) is 72.9 cm³/mol. The maximum absolute atomic E-state index is 10.9. The monoisotopic (exact) mass is 332 g/mol. The Morgan fingerprint density at radius 2 is 2.06 bits per heavy atom. The molecule has 0 radical (unpaired) electrons. The van der Waals surface area contributed by atoms with Gasteiger partial charge in [-0.1, -0.05) is 33.1 Å². The van der Waals surface area contributed by atoms with Crippen LogP contribution >= 0.6 is 15.9 Å². The molecule has 1 aliphatic heterocycles. The van der Waals surface area contributed by atoms with E-state index in [4.69, 9.17) is 4.74 Å². The van der Waals surface area contributed by atoms with Crippen molar-refractivity contribution >= 4 is 27.0 Å². The van der Waals surface area contributed by atoms with E-state index in [1.807, 2.05) is 18.2 Å². The highest BCUT2D eigenvalue weighted by atomic mass is 79.9.